The van der Waals surface area contributed by atoms with Crippen LogP contribution in [-0.2, 0) is 6.61 Å². The molecule has 3 heteroatoms. The van der Waals surface area contributed by atoms with Gasteiger partial charge < -0.3 is 16.2 Å². The molecule has 0 aliphatic heterocycles. The lowest BCUT2D eigenvalue weighted by molar-refractivity contribution is 0.307. The summed E-state index contributed by atoms with van der Waals surface area (Å²) < 4.78 is 5.98. The van der Waals surface area contributed by atoms with E-state index in [-0.39, 0.29) is 0 Å². The first-order valence-corrected chi connectivity index (χ1v) is 7.14. The van der Waals surface area contributed by atoms with E-state index in [4.69, 9.17) is 16.2 Å². The Kier molecular flexibility index (Phi) is 3.97. The van der Waals surface area contributed by atoms with Gasteiger partial charge in [0, 0.05) is 16.9 Å². The van der Waals surface area contributed by atoms with Gasteiger partial charge in [0.2, 0.25) is 0 Å². The third-order valence-electron chi connectivity index (χ3n) is 3.44. The number of ether oxygens (including phenoxy) is 1. The average Bonchev–Trinajstić information content (AvgIpc) is 2.54. The summed E-state index contributed by atoms with van der Waals surface area (Å²) in [6.45, 7) is 0.514. The summed E-state index contributed by atoms with van der Waals surface area (Å²) in [6.07, 6.45) is 0. The van der Waals surface area contributed by atoms with E-state index in [0.717, 1.165) is 22.4 Å². The van der Waals surface area contributed by atoms with Gasteiger partial charge in [-0.3, -0.25) is 0 Å². The smallest absolute Gasteiger partial charge is 0.127 e. The summed E-state index contributed by atoms with van der Waals surface area (Å²) >= 11 is 0. The van der Waals surface area contributed by atoms with Crippen LogP contribution >= 0.6 is 0 Å². The molecule has 3 aromatic rings. The van der Waals surface area contributed by atoms with Crippen LogP contribution in [0.5, 0.6) is 5.75 Å². The maximum absolute atomic E-state index is 5.98. The zero-order valence-corrected chi connectivity index (χ0v) is 12.2. The first-order valence-electron chi connectivity index (χ1n) is 7.14. The molecule has 0 radical (unpaired) electrons. The fourth-order valence-electron chi connectivity index (χ4n) is 2.34. The van der Waals surface area contributed by atoms with E-state index < -0.39 is 0 Å². The minimum Gasteiger partial charge on any atom is -0.488 e. The number of nitrogen functional groups attached to an aromatic ring is 2. The van der Waals surface area contributed by atoms with E-state index in [0.29, 0.717) is 18.0 Å². The van der Waals surface area contributed by atoms with Crippen LogP contribution in [-0.4, -0.2) is 0 Å². The SMILES string of the molecule is Nc1cccc(-c2cc(N)ccc2OCc2ccccc2)c1. The molecular weight excluding hydrogens is 272 g/mol. The number of nitrogens with two attached hydrogens (primary N) is 2. The highest BCUT2D eigenvalue weighted by Gasteiger charge is 2.08. The molecule has 0 aromatic heterocycles. The first-order chi connectivity index (χ1) is 10.7. The Bertz CT molecular complexity index is 769. The van der Waals surface area contributed by atoms with Gasteiger partial charge >= 0.3 is 0 Å². The van der Waals surface area contributed by atoms with Crippen LogP contribution < -0.4 is 16.2 Å². The maximum atomic E-state index is 5.98. The summed E-state index contributed by atoms with van der Waals surface area (Å²) in [7, 11) is 0. The summed E-state index contributed by atoms with van der Waals surface area (Å²) in [6, 6.07) is 23.4. The minimum absolute atomic E-state index is 0.514. The fraction of sp³-hybridized carbons (Fsp3) is 0.0526. The predicted molar refractivity (Wildman–Crippen MR) is 91.5 cm³/mol. The third-order valence-corrected chi connectivity index (χ3v) is 3.44. The molecule has 0 atom stereocenters. The van der Waals surface area contributed by atoms with Crippen LogP contribution in [0.4, 0.5) is 11.4 Å². The van der Waals surface area contributed by atoms with Crippen LogP contribution in [0, 0.1) is 0 Å². The van der Waals surface area contributed by atoms with Gasteiger partial charge in [0.05, 0.1) is 0 Å². The van der Waals surface area contributed by atoms with E-state index in [2.05, 4.69) is 0 Å². The van der Waals surface area contributed by atoms with Gasteiger partial charge in [-0.25, -0.2) is 0 Å². The molecular formula is C19H18N2O. The van der Waals surface area contributed by atoms with Gasteiger partial charge in [0.25, 0.3) is 0 Å². The van der Waals surface area contributed by atoms with Crippen LogP contribution in [0.3, 0.4) is 0 Å². The lowest BCUT2D eigenvalue weighted by Gasteiger charge is -2.13. The molecule has 3 nitrogen and oxygen atoms in total. The predicted octanol–water partition coefficient (Wildman–Crippen LogP) is 4.10. The van der Waals surface area contributed by atoms with Crippen molar-refractivity contribution in [2.45, 2.75) is 6.61 Å². The van der Waals surface area contributed by atoms with Crippen molar-refractivity contribution in [2.75, 3.05) is 11.5 Å². The zero-order valence-electron chi connectivity index (χ0n) is 12.2. The van der Waals surface area contributed by atoms with E-state index in [9.17, 15) is 0 Å². The molecule has 0 saturated heterocycles. The van der Waals surface area contributed by atoms with E-state index in [1.54, 1.807) is 0 Å². The highest BCUT2D eigenvalue weighted by molar-refractivity contribution is 5.75. The molecule has 0 fully saturated rings. The molecule has 0 bridgehead atoms. The Balaban J connectivity index is 1.91. The molecule has 4 N–H and O–H groups in total. The minimum atomic E-state index is 0.514. The van der Waals surface area contributed by atoms with Crippen molar-refractivity contribution < 1.29 is 4.74 Å². The monoisotopic (exact) mass is 290 g/mol. The molecule has 3 aromatic carbocycles. The number of rotatable bonds is 4. The summed E-state index contributed by atoms with van der Waals surface area (Å²) in [5.74, 6) is 0.795. The van der Waals surface area contributed by atoms with Crippen molar-refractivity contribution >= 4 is 11.4 Å². The van der Waals surface area contributed by atoms with Crippen molar-refractivity contribution in [2.24, 2.45) is 0 Å². The van der Waals surface area contributed by atoms with Gasteiger partial charge in [-0.05, 0) is 41.5 Å². The number of benzene rings is 3. The average molecular weight is 290 g/mol. The van der Waals surface area contributed by atoms with Crippen molar-refractivity contribution in [3.05, 3.63) is 78.4 Å². The van der Waals surface area contributed by atoms with Crippen LogP contribution in [0.15, 0.2) is 72.8 Å². The van der Waals surface area contributed by atoms with Gasteiger partial charge in [0.1, 0.15) is 12.4 Å². The first kappa shape index (κ1) is 14.0. The lowest BCUT2D eigenvalue weighted by Crippen LogP contribution is -1.98. The van der Waals surface area contributed by atoms with E-state index in [1.807, 2.05) is 72.8 Å². The molecule has 0 unspecified atom stereocenters. The van der Waals surface area contributed by atoms with Crippen LogP contribution in [0.25, 0.3) is 11.1 Å². The van der Waals surface area contributed by atoms with Crippen LogP contribution in [0.2, 0.25) is 0 Å². The van der Waals surface area contributed by atoms with E-state index in [1.165, 1.54) is 0 Å². The van der Waals surface area contributed by atoms with Crippen LogP contribution in [0.1, 0.15) is 5.56 Å². The molecule has 0 amide bonds. The molecule has 0 heterocycles. The van der Waals surface area contributed by atoms with Gasteiger partial charge in [-0.2, -0.15) is 0 Å². The van der Waals surface area contributed by atoms with Gasteiger partial charge in [-0.15, -0.1) is 0 Å². The number of anilines is 2. The zero-order chi connectivity index (χ0) is 15.4. The highest BCUT2D eigenvalue weighted by atomic mass is 16.5. The van der Waals surface area contributed by atoms with Crippen molar-refractivity contribution in [3.8, 4) is 16.9 Å². The van der Waals surface area contributed by atoms with Crippen molar-refractivity contribution in [3.63, 3.8) is 0 Å². The number of hydrogen-bond donors (Lipinski definition) is 2. The molecule has 0 aliphatic rings. The van der Waals surface area contributed by atoms with Gasteiger partial charge in [0.15, 0.2) is 0 Å². The molecule has 0 aliphatic carbocycles. The Hall–Kier alpha value is -2.94. The quantitative estimate of drug-likeness (QED) is 0.711. The second-order valence-corrected chi connectivity index (χ2v) is 5.16. The van der Waals surface area contributed by atoms with Crippen molar-refractivity contribution in [1.82, 2.24) is 0 Å². The standard InChI is InChI=1S/C19H18N2O/c20-16-8-4-7-15(11-16)18-12-17(21)9-10-19(18)22-13-14-5-2-1-3-6-14/h1-12H,13,20-21H2. The lowest BCUT2D eigenvalue weighted by atomic mass is 10.0. The molecule has 110 valence electrons. The Labute approximate surface area is 130 Å². The summed E-state index contributed by atoms with van der Waals surface area (Å²) in [5.41, 5.74) is 16.3. The Morgan fingerprint density at radius 2 is 1.50 bits per heavy atom. The molecule has 3 rings (SSSR count). The third kappa shape index (κ3) is 3.20. The Morgan fingerprint density at radius 3 is 2.27 bits per heavy atom. The fourth-order valence-corrected chi connectivity index (χ4v) is 2.34. The van der Waals surface area contributed by atoms with Crippen molar-refractivity contribution in [1.29, 1.82) is 0 Å². The number of hydrogen-bond acceptors (Lipinski definition) is 3. The topological polar surface area (TPSA) is 61.3 Å². The second kappa shape index (κ2) is 6.22. The normalized spacial score (nSPS) is 10.4. The molecule has 0 spiro atoms. The summed E-state index contributed by atoms with van der Waals surface area (Å²) in [4.78, 5) is 0. The highest BCUT2D eigenvalue weighted by Crippen LogP contribution is 2.33. The van der Waals surface area contributed by atoms with Gasteiger partial charge in [-0.1, -0.05) is 42.5 Å². The largest absolute Gasteiger partial charge is 0.488 e. The molecule has 22 heavy (non-hydrogen) atoms. The Morgan fingerprint density at radius 1 is 0.727 bits per heavy atom. The second-order valence-electron chi connectivity index (χ2n) is 5.16. The van der Waals surface area contributed by atoms with E-state index >= 15 is 0 Å². The summed E-state index contributed by atoms with van der Waals surface area (Å²) in [5, 5.41) is 0. The maximum Gasteiger partial charge on any atom is 0.127 e. The molecule has 0 saturated carbocycles.